The van der Waals surface area contributed by atoms with Crippen LogP contribution in [-0.2, 0) is 13.1 Å². The molecule has 0 radical (unpaired) electrons. The fourth-order valence-electron chi connectivity index (χ4n) is 1.90. The number of anilines is 1. The molecule has 0 atom stereocenters. The summed E-state index contributed by atoms with van der Waals surface area (Å²) >= 11 is 9.56. The Labute approximate surface area is 121 Å². The maximum atomic E-state index is 6.06. The van der Waals surface area contributed by atoms with Crippen LogP contribution in [0.4, 0.5) is 5.69 Å². The lowest BCUT2D eigenvalue weighted by atomic mass is 10.3. The van der Waals surface area contributed by atoms with Gasteiger partial charge in [0, 0.05) is 18.4 Å². The van der Waals surface area contributed by atoms with E-state index in [9.17, 15) is 0 Å². The van der Waals surface area contributed by atoms with E-state index in [2.05, 4.69) is 51.1 Å². The summed E-state index contributed by atoms with van der Waals surface area (Å²) in [5.74, 6) is 0. The van der Waals surface area contributed by atoms with Crippen molar-refractivity contribution in [1.29, 1.82) is 0 Å². The normalized spacial score (nSPS) is 10.6. The van der Waals surface area contributed by atoms with E-state index in [-0.39, 0.29) is 0 Å². The molecule has 0 aliphatic heterocycles. The molecule has 0 aliphatic carbocycles. The molecule has 2 rings (SSSR count). The molecular weight excluding hydrogens is 312 g/mol. The van der Waals surface area contributed by atoms with Crippen molar-refractivity contribution in [2.75, 3.05) is 5.32 Å². The van der Waals surface area contributed by atoms with Crippen LogP contribution >= 0.6 is 27.5 Å². The molecule has 1 N–H and O–H groups in total. The molecule has 96 valence electrons. The topological polar surface area (TPSA) is 17.0 Å². The van der Waals surface area contributed by atoms with E-state index in [1.54, 1.807) is 0 Å². The summed E-state index contributed by atoms with van der Waals surface area (Å²) in [4.78, 5) is 0. The van der Waals surface area contributed by atoms with Crippen LogP contribution in [0, 0.1) is 0 Å². The summed E-state index contributed by atoms with van der Waals surface area (Å²) in [7, 11) is 0. The molecule has 2 aromatic rings. The maximum Gasteiger partial charge on any atom is 0.0593 e. The standard InChI is InChI=1S/C14H16BrClN2/c1-2-8-18-9-4-5-11(18)10-17-13-7-3-6-12(16)14(13)15/h3-7,9,17H,2,8,10H2,1H3. The molecule has 1 heterocycles. The Morgan fingerprint density at radius 2 is 2.11 bits per heavy atom. The largest absolute Gasteiger partial charge is 0.379 e. The summed E-state index contributed by atoms with van der Waals surface area (Å²) < 4.78 is 3.19. The van der Waals surface area contributed by atoms with Crippen LogP contribution < -0.4 is 5.32 Å². The van der Waals surface area contributed by atoms with Crippen molar-refractivity contribution in [2.24, 2.45) is 0 Å². The van der Waals surface area contributed by atoms with Crippen LogP contribution in [0.5, 0.6) is 0 Å². The van der Waals surface area contributed by atoms with Gasteiger partial charge in [0.1, 0.15) is 0 Å². The second kappa shape index (κ2) is 6.30. The van der Waals surface area contributed by atoms with Crippen molar-refractivity contribution in [3.8, 4) is 0 Å². The average molecular weight is 328 g/mol. The van der Waals surface area contributed by atoms with Crippen LogP contribution in [-0.4, -0.2) is 4.57 Å². The van der Waals surface area contributed by atoms with E-state index in [1.807, 2.05) is 18.2 Å². The Kier molecular flexibility index (Phi) is 4.72. The second-order valence-electron chi connectivity index (χ2n) is 4.15. The van der Waals surface area contributed by atoms with Gasteiger partial charge < -0.3 is 9.88 Å². The lowest BCUT2D eigenvalue weighted by molar-refractivity contribution is 0.654. The highest BCUT2D eigenvalue weighted by Gasteiger charge is 2.04. The number of aryl methyl sites for hydroxylation is 1. The zero-order valence-electron chi connectivity index (χ0n) is 10.3. The molecule has 2 nitrogen and oxygen atoms in total. The lowest BCUT2D eigenvalue weighted by Gasteiger charge is -2.12. The fourth-order valence-corrected chi connectivity index (χ4v) is 2.47. The van der Waals surface area contributed by atoms with Gasteiger partial charge in [0.2, 0.25) is 0 Å². The average Bonchev–Trinajstić information content (AvgIpc) is 2.79. The van der Waals surface area contributed by atoms with E-state index in [1.165, 1.54) is 5.69 Å². The highest BCUT2D eigenvalue weighted by Crippen LogP contribution is 2.30. The first-order chi connectivity index (χ1) is 8.72. The van der Waals surface area contributed by atoms with Gasteiger partial charge >= 0.3 is 0 Å². The Morgan fingerprint density at radius 1 is 1.28 bits per heavy atom. The molecule has 0 saturated carbocycles. The molecule has 0 amide bonds. The summed E-state index contributed by atoms with van der Waals surface area (Å²) in [6, 6.07) is 10.1. The van der Waals surface area contributed by atoms with Gasteiger partial charge in [0.15, 0.2) is 0 Å². The zero-order chi connectivity index (χ0) is 13.0. The highest BCUT2D eigenvalue weighted by molar-refractivity contribution is 9.10. The van der Waals surface area contributed by atoms with Gasteiger partial charge in [0.25, 0.3) is 0 Å². The number of nitrogens with one attached hydrogen (secondary N) is 1. The van der Waals surface area contributed by atoms with Crippen molar-refractivity contribution >= 4 is 33.2 Å². The van der Waals surface area contributed by atoms with Gasteiger partial charge in [-0.1, -0.05) is 24.6 Å². The van der Waals surface area contributed by atoms with Crippen LogP contribution in [0.3, 0.4) is 0 Å². The van der Waals surface area contributed by atoms with Crippen molar-refractivity contribution in [2.45, 2.75) is 26.4 Å². The third-order valence-electron chi connectivity index (χ3n) is 2.80. The molecule has 0 bridgehead atoms. The Hall–Kier alpha value is -0.930. The van der Waals surface area contributed by atoms with Crippen molar-refractivity contribution in [3.05, 3.63) is 51.7 Å². The predicted octanol–water partition coefficient (Wildman–Crippen LogP) is 4.93. The van der Waals surface area contributed by atoms with E-state index in [0.29, 0.717) is 0 Å². The highest BCUT2D eigenvalue weighted by atomic mass is 79.9. The van der Waals surface area contributed by atoms with Crippen LogP contribution in [0.25, 0.3) is 0 Å². The van der Waals surface area contributed by atoms with Gasteiger partial charge in [-0.3, -0.25) is 0 Å². The second-order valence-corrected chi connectivity index (χ2v) is 5.35. The molecule has 0 spiro atoms. The predicted molar refractivity (Wildman–Crippen MR) is 81.2 cm³/mol. The number of hydrogen-bond donors (Lipinski definition) is 1. The van der Waals surface area contributed by atoms with Gasteiger partial charge in [0.05, 0.1) is 21.7 Å². The number of hydrogen-bond acceptors (Lipinski definition) is 1. The van der Waals surface area contributed by atoms with E-state index >= 15 is 0 Å². The van der Waals surface area contributed by atoms with Gasteiger partial charge in [-0.25, -0.2) is 0 Å². The Balaban J connectivity index is 2.07. The SMILES string of the molecule is CCCn1cccc1CNc1cccc(Cl)c1Br. The van der Waals surface area contributed by atoms with Crippen LogP contribution in [0.15, 0.2) is 41.0 Å². The monoisotopic (exact) mass is 326 g/mol. The third kappa shape index (κ3) is 3.09. The van der Waals surface area contributed by atoms with Gasteiger partial charge in [-0.05, 0) is 46.6 Å². The number of aromatic nitrogens is 1. The number of halogens is 2. The van der Waals surface area contributed by atoms with E-state index in [4.69, 9.17) is 11.6 Å². The number of nitrogens with zero attached hydrogens (tertiary/aromatic N) is 1. The van der Waals surface area contributed by atoms with E-state index in [0.717, 1.165) is 34.7 Å². The van der Waals surface area contributed by atoms with Gasteiger partial charge in [-0.15, -0.1) is 0 Å². The first-order valence-corrected chi connectivity index (χ1v) is 7.21. The Morgan fingerprint density at radius 3 is 2.89 bits per heavy atom. The Bertz CT molecular complexity index is 522. The first kappa shape index (κ1) is 13.5. The minimum absolute atomic E-state index is 0.726. The maximum absolute atomic E-state index is 6.06. The summed E-state index contributed by atoms with van der Waals surface area (Å²) in [6.07, 6.45) is 3.26. The molecule has 1 aromatic heterocycles. The molecule has 0 fully saturated rings. The number of benzene rings is 1. The molecule has 4 heteroatoms. The molecule has 0 saturated heterocycles. The summed E-state index contributed by atoms with van der Waals surface area (Å²) in [6.45, 7) is 4.04. The smallest absolute Gasteiger partial charge is 0.0593 e. The first-order valence-electron chi connectivity index (χ1n) is 6.04. The lowest BCUT2D eigenvalue weighted by Crippen LogP contribution is -2.07. The molecule has 18 heavy (non-hydrogen) atoms. The van der Waals surface area contributed by atoms with Crippen LogP contribution in [0.1, 0.15) is 19.0 Å². The van der Waals surface area contributed by atoms with E-state index < -0.39 is 0 Å². The summed E-state index contributed by atoms with van der Waals surface area (Å²) in [5, 5.41) is 4.13. The molecular formula is C14H16BrClN2. The molecule has 1 aromatic carbocycles. The molecule has 0 aliphatic rings. The minimum atomic E-state index is 0.726. The quantitative estimate of drug-likeness (QED) is 0.824. The van der Waals surface area contributed by atoms with Crippen molar-refractivity contribution in [1.82, 2.24) is 4.57 Å². The van der Waals surface area contributed by atoms with Crippen molar-refractivity contribution in [3.63, 3.8) is 0 Å². The van der Waals surface area contributed by atoms with Crippen LogP contribution in [0.2, 0.25) is 5.02 Å². The van der Waals surface area contributed by atoms with Crippen molar-refractivity contribution < 1.29 is 0 Å². The fraction of sp³-hybridized carbons (Fsp3) is 0.286. The summed E-state index contributed by atoms with van der Waals surface area (Å²) in [5.41, 5.74) is 2.30. The minimum Gasteiger partial charge on any atom is -0.379 e. The molecule has 0 unspecified atom stereocenters. The number of rotatable bonds is 5. The third-order valence-corrected chi connectivity index (χ3v) is 4.20. The van der Waals surface area contributed by atoms with Gasteiger partial charge in [-0.2, -0.15) is 0 Å². The zero-order valence-corrected chi connectivity index (χ0v) is 12.6.